The molecule has 8 rings (SSSR count). The number of hydrogen-bond donors (Lipinski definition) is 0. The summed E-state index contributed by atoms with van der Waals surface area (Å²) in [6.45, 7) is 0. The lowest BCUT2D eigenvalue weighted by molar-refractivity contribution is 1.46. The van der Waals surface area contributed by atoms with Crippen LogP contribution in [0.1, 0.15) is 11.1 Å². The third-order valence-corrected chi connectivity index (χ3v) is 11.5. The smallest absolute Gasteiger partial charge is 0.0397 e. The molecule has 0 saturated carbocycles. The van der Waals surface area contributed by atoms with Crippen molar-refractivity contribution in [2.45, 2.75) is 4.90 Å². The Hall–Kier alpha value is -3.85. The molecule has 0 bridgehead atoms. The fourth-order valence-corrected chi connectivity index (χ4v) is 8.84. The van der Waals surface area contributed by atoms with Crippen molar-refractivity contribution in [2.75, 3.05) is 6.26 Å². The molecule has 2 aromatic heterocycles. The first-order valence-corrected chi connectivity index (χ1v) is 17.6. The molecule has 8 aromatic rings. The average molecular weight is 668 g/mol. The van der Waals surface area contributed by atoms with Gasteiger partial charge in [-0.1, -0.05) is 72.5 Å². The quantitative estimate of drug-likeness (QED) is 0.133. The molecule has 0 saturated heterocycles. The molecule has 204 valence electrons. The van der Waals surface area contributed by atoms with Gasteiger partial charge >= 0.3 is 0 Å². The Morgan fingerprint density at radius 3 is 1.56 bits per heavy atom. The molecule has 0 atom stereocenters. The second kappa shape index (κ2) is 11.0. The van der Waals surface area contributed by atoms with Gasteiger partial charge in [0.2, 0.25) is 0 Å². The first-order valence-electron chi connectivity index (χ1n) is 14.0. The van der Waals surface area contributed by atoms with Gasteiger partial charge in [-0.3, -0.25) is 0 Å². The van der Waals surface area contributed by atoms with Gasteiger partial charge in [-0.2, -0.15) is 0 Å². The van der Waals surface area contributed by atoms with Crippen molar-refractivity contribution in [3.05, 3.63) is 137 Å². The van der Waals surface area contributed by atoms with E-state index < -0.39 is 0 Å². The number of rotatable bonds is 3. The Morgan fingerprint density at radius 1 is 0.512 bits per heavy atom. The molecule has 0 aliphatic carbocycles. The van der Waals surface area contributed by atoms with Crippen LogP contribution < -0.4 is 0 Å². The highest BCUT2D eigenvalue weighted by Crippen LogP contribution is 2.39. The van der Waals surface area contributed by atoms with Gasteiger partial charge in [-0.25, -0.2) is 0 Å². The van der Waals surface area contributed by atoms with Crippen LogP contribution in [0.15, 0.2) is 131 Å². The summed E-state index contributed by atoms with van der Waals surface area (Å²) in [6, 6.07) is 44.0. The van der Waals surface area contributed by atoms with E-state index >= 15 is 0 Å². The van der Waals surface area contributed by atoms with Gasteiger partial charge in [0.1, 0.15) is 0 Å². The molecule has 0 amide bonds. The number of fused-ring (bicyclic) bond motifs is 4. The molecule has 2 heterocycles. The third kappa shape index (κ3) is 5.07. The fraction of sp³-hybridized carbons (Fsp3) is 0.0256. The SMILES string of the molecule is CSc1cc2cc3sc(-c4ccccc4)cc3cc2cc1C#Cc1cc2cc3cc(-c4ccccc4)sc3cc2cc1Br. The molecule has 0 unspecified atom stereocenters. The molecular formula is C39H23BrS3. The van der Waals surface area contributed by atoms with Crippen molar-refractivity contribution in [1.29, 1.82) is 0 Å². The monoisotopic (exact) mass is 666 g/mol. The highest BCUT2D eigenvalue weighted by molar-refractivity contribution is 9.10. The van der Waals surface area contributed by atoms with E-state index in [1.165, 1.54) is 67.5 Å². The van der Waals surface area contributed by atoms with Crippen LogP contribution in [0.2, 0.25) is 0 Å². The second-order valence-corrected chi connectivity index (χ2v) is 14.4. The maximum absolute atomic E-state index is 3.82. The molecule has 0 radical (unpaired) electrons. The number of halogens is 1. The van der Waals surface area contributed by atoms with E-state index in [0.29, 0.717) is 0 Å². The van der Waals surface area contributed by atoms with Crippen LogP contribution in [0.5, 0.6) is 0 Å². The predicted octanol–water partition coefficient (Wildman–Crippen LogP) is 12.6. The van der Waals surface area contributed by atoms with Crippen molar-refractivity contribution < 1.29 is 0 Å². The normalized spacial score (nSPS) is 11.4. The van der Waals surface area contributed by atoms with Crippen LogP contribution in [0, 0.1) is 11.8 Å². The molecule has 0 nitrogen and oxygen atoms in total. The van der Waals surface area contributed by atoms with E-state index in [1.807, 2.05) is 22.7 Å². The molecule has 43 heavy (non-hydrogen) atoms. The molecule has 0 spiro atoms. The van der Waals surface area contributed by atoms with E-state index in [2.05, 4.69) is 155 Å². The lowest BCUT2D eigenvalue weighted by Gasteiger charge is -2.06. The lowest BCUT2D eigenvalue weighted by atomic mass is 10.0. The Kier molecular flexibility index (Phi) is 6.85. The summed E-state index contributed by atoms with van der Waals surface area (Å²) >= 11 is 9.27. The minimum Gasteiger partial charge on any atom is -0.135 e. The van der Waals surface area contributed by atoms with E-state index in [9.17, 15) is 0 Å². The minimum absolute atomic E-state index is 0.998. The standard InChI is InChI=1S/C39H23BrS3/c1-41-35-19-31-21-39-33(23-37(43-39)25-10-6-3-7-11-25)17-29(31)15-27(35)13-12-26-14-28-16-32-22-36(24-8-4-2-5-9-24)42-38(32)20-30(28)18-34(26)40/h2-11,14-23H,1H3. The summed E-state index contributed by atoms with van der Waals surface area (Å²) in [7, 11) is 0. The summed E-state index contributed by atoms with van der Waals surface area (Å²) in [5, 5.41) is 7.45. The van der Waals surface area contributed by atoms with Gasteiger partial charge in [0.15, 0.2) is 0 Å². The predicted molar refractivity (Wildman–Crippen MR) is 195 cm³/mol. The maximum Gasteiger partial charge on any atom is 0.0397 e. The summed E-state index contributed by atoms with van der Waals surface area (Å²) in [4.78, 5) is 3.79. The van der Waals surface area contributed by atoms with Crippen molar-refractivity contribution in [1.82, 2.24) is 0 Å². The van der Waals surface area contributed by atoms with E-state index in [0.717, 1.165) is 15.6 Å². The molecular weight excluding hydrogens is 645 g/mol. The molecule has 6 aromatic carbocycles. The number of benzene rings is 6. The number of thiophene rings is 2. The van der Waals surface area contributed by atoms with Gasteiger partial charge < -0.3 is 0 Å². The van der Waals surface area contributed by atoms with Gasteiger partial charge in [-0.15, -0.1) is 34.4 Å². The van der Waals surface area contributed by atoms with Crippen LogP contribution in [0.3, 0.4) is 0 Å². The molecule has 0 fully saturated rings. The topological polar surface area (TPSA) is 0 Å². The zero-order chi connectivity index (χ0) is 28.9. The molecule has 0 aliphatic heterocycles. The summed E-state index contributed by atoms with van der Waals surface area (Å²) < 4.78 is 3.63. The maximum atomic E-state index is 3.82. The summed E-state index contributed by atoms with van der Waals surface area (Å²) in [5.74, 6) is 7.02. The summed E-state index contributed by atoms with van der Waals surface area (Å²) in [6.07, 6.45) is 2.13. The minimum atomic E-state index is 0.998. The summed E-state index contributed by atoms with van der Waals surface area (Å²) in [5.41, 5.74) is 4.59. The zero-order valence-corrected chi connectivity index (χ0v) is 27.2. The van der Waals surface area contributed by atoms with E-state index in [1.54, 1.807) is 11.8 Å². The Labute approximate surface area is 271 Å². The average Bonchev–Trinajstić information content (AvgIpc) is 3.65. The Balaban J connectivity index is 1.18. The van der Waals surface area contributed by atoms with Crippen LogP contribution in [-0.2, 0) is 0 Å². The van der Waals surface area contributed by atoms with Crippen LogP contribution >= 0.6 is 50.4 Å². The molecule has 0 aliphatic rings. The Morgan fingerprint density at radius 2 is 1.00 bits per heavy atom. The van der Waals surface area contributed by atoms with Crippen LogP contribution in [-0.4, -0.2) is 6.26 Å². The van der Waals surface area contributed by atoms with Gasteiger partial charge in [-0.05, 0) is 126 Å². The fourth-order valence-electron chi connectivity index (χ4n) is 5.61. The first kappa shape index (κ1) is 26.8. The Bertz CT molecular complexity index is 2390. The van der Waals surface area contributed by atoms with Gasteiger partial charge in [0, 0.05) is 39.6 Å². The third-order valence-electron chi connectivity index (χ3n) is 7.80. The highest BCUT2D eigenvalue weighted by atomic mass is 79.9. The highest BCUT2D eigenvalue weighted by Gasteiger charge is 2.10. The first-order chi connectivity index (χ1) is 21.1. The number of thioether (sulfide) groups is 1. The van der Waals surface area contributed by atoms with E-state index in [4.69, 9.17) is 0 Å². The van der Waals surface area contributed by atoms with Crippen molar-refractivity contribution in [3.8, 4) is 32.7 Å². The second-order valence-electron chi connectivity index (χ2n) is 10.6. The zero-order valence-electron chi connectivity index (χ0n) is 23.1. The van der Waals surface area contributed by atoms with Crippen molar-refractivity contribution in [3.63, 3.8) is 0 Å². The lowest BCUT2D eigenvalue weighted by Crippen LogP contribution is -1.85. The number of hydrogen-bond acceptors (Lipinski definition) is 3. The van der Waals surface area contributed by atoms with Crippen LogP contribution in [0.4, 0.5) is 0 Å². The molecule has 4 heteroatoms. The largest absolute Gasteiger partial charge is 0.135 e. The van der Waals surface area contributed by atoms with E-state index in [-0.39, 0.29) is 0 Å². The van der Waals surface area contributed by atoms with Crippen LogP contribution in [0.25, 0.3) is 62.6 Å². The van der Waals surface area contributed by atoms with Gasteiger partial charge in [0.05, 0.1) is 0 Å². The molecule has 0 N–H and O–H groups in total. The van der Waals surface area contributed by atoms with Crippen molar-refractivity contribution in [2.24, 2.45) is 0 Å². The van der Waals surface area contributed by atoms with Crippen molar-refractivity contribution >= 4 is 92.1 Å². The van der Waals surface area contributed by atoms with Gasteiger partial charge in [0.25, 0.3) is 0 Å².